The van der Waals surface area contributed by atoms with Crippen LogP contribution in [0.3, 0.4) is 0 Å². The minimum Gasteiger partial charge on any atom is -0.496 e. The van der Waals surface area contributed by atoms with Crippen LogP contribution in [-0.2, 0) is 16.1 Å². The maximum atomic E-state index is 12.3. The summed E-state index contributed by atoms with van der Waals surface area (Å²) in [6.07, 6.45) is -0.944. The Morgan fingerprint density at radius 1 is 0.929 bits per heavy atom. The van der Waals surface area contributed by atoms with Gasteiger partial charge in [-0.25, -0.2) is 4.79 Å². The molecule has 0 aromatic heterocycles. The third kappa shape index (κ3) is 5.16. The van der Waals surface area contributed by atoms with Gasteiger partial charge in [0.2, 0.25) is 0 Å². The van der Waals surface area contributed by atoms with Crippen molar-refractivity contribution < 1.29 is 28.5 Å². The van der Waals surface area contributed by atoms with Crippen molar-refractivity contribution in [2.24, 2.45) is 0 Å². The molecule has 0 unspecified atom stereocenters. The largest absolute Gasteiger partial charge is 0.496 e. The van der Waals surface area contributed by atoms with Crippen molar-refractivity contribution in [3.05, 3.63) is 53.1 Å². The lowest BCUT2D eigenvalue weighted by Crippen LogP contribution is -2.35. The number of aryl methyl sites for hydroxylation is 1. The van der Waals surface area contributed by atoms with Gasteiger partial charge in [0.05, 0.1) is 26.9 Å². The molecule has 0 heterocycles. The maximum absolute atomic E-state index is 12.3. The van der Waals surface area contributed by atoms with E-state index in [0.29, 0.717) is 22.8 Å². The first-order chi connectivity index (χ1) is 13.4. The van der Waals surface area contributed by atoms with Gasteiger partial charge in [0.25, 0.3) is 5.91 Å². The number of hydrogen-bond acceptors (Lipinski definition) is 6. The molecule has 1 atom stereocenters. The molecule has 0 saturated heterocycles. The van der Waals surface area contributed by atoms with Crippen LogP contribution in [0.1, 0.15) is 28.4 Å². The predicted molar refractivity (Wildman–Crippen MR) is 104 cm³/mol. The van der Waals surface area contributed by atoms with Crippen molar-refractivity contribution in [1.82, 2.24) is 5.32 Å². The van der Waals surface area contributed by atoms with Gasteiger partial charge in [-0.3, -0.25) is 4.79 Å². The fraction of sp³-hybridized carbons (Fsp3) is 0.333. The molecule has 0 aliphatic rings. The Bertz CT molecular complexity index is 849. The summed E-state index contributed by atoms with van der Waals surface area (Å²) in [6.45, 7) is 3.66. The van der Waals surface area contributed by atoms with Crippen LogP contribution in [0.5, 0.6) is 17.2 Å². The molecular weight excluding hydrogens is 362 g/mol. The number of esters is 1. The van der Waals surface area contributed by atoms with Gasteiger partial charge in [-0.15, -0.1) is 0 Å². The number of carbonyl (C=O) groups is 2. The summed E-state index contributed by atoms with van der Waals surface area (Å²) in [4.78, 5) is 24.5. The summed E-state index contributed by atoms with van der Waals surface area (Å²) in [5.41, 5.74) is 2.05. The van der Waals surface area contributed by atoms with Crippen molar-refractivity contribution >= 4 is 11.9 Å². The number of nitrogens with one attached hydrogen (secondary N) is 1. The molecule has 7 heteroatoms. The highest BCUT2D eigenvalue weighted by Crippen LogP contribution is 2.27. The minimum atomic E-state index is -0.944. The number of amides is 1. The zero-order valence-electron chi connectivity index (χ0n) is 16.7. The topological polar surface area (TPSA) is 83.1 Å². The molecular formula is C21H25NO6. The van der Waals surface area contributed by atoms with E-state index in [4.69, 9.17) is 18.9 Å². The Hall–Kier alpha value is -3.22. The van der Waals surface area contributed by atoms with Crippen molar-refractivity contribution in [2.75, 3.05) is 21.3 Å². The van der Waals surface area contributed by atoms with Crippen LogP contribution >= 0.6 is 0 Å². The summed E-state index contributed by atoms with van der Waals surface area (Å²) in [7, 11) is 4.63. The van der Waals surface area contributed by atoms with E-state index in [0.717, 1.165) is 11.1 Å². The highest BCUT2D eigenvalue weighted by molar-refractivity contribution is 5.92. The minimum absolute atomic E-state index is 0.263. The normalized spacial score (nSPS) is 11.3. The molecule has 2 rings (SSSR count). The molecule has 0 saturated carbocycles. The van der Waals surface area contributed by atoms with Crippen molar-refractivity contribution in [2.45, 2.75) is 26.5 Å². The van der Waals surface area contributed by atoms with Crippen LogP contribution in [0.2, 0.25) is 0 Å². The van der Waals surface area contributed by atoms with E-state index in [1.807, 2.05) is 13.0 Å². The highest BCUT2D eigenvalue weighted by atomic mass is 16.5. The first kappa shape index (κ1) is 21.1. The van der Waals surface area contributed by atoms with Crippen LogP contribution in [-0.4, -0.2) is 39.3 Å². The van der Waals surface area contributed by atoms with E-state index in [1.54, 1.807) is 44.6 Å². The van der Waals surface area contributed by atoms with Crippen LogP contribution in [0.4, 0.5) is 0 Å². The van der Waals surface area contributed by atoms with E-state index in [1.165, 1.54) is 14.0 Å². The third-order valence-corrected chi connectivity index (χ3v) is 4.21. The smallest absolute Gasteiger partial charge is 0.339 e. The number of hydrogen-bond donors (Lipinski definition) is 1. The number of carbonyl (C=O) groups excluding carboxylic acids is 2. The van der Waals surface area contributed by atoms with E-state index in [-0.39, 0.29) is 6.54 Å². The molecule has 7 nitrogen and oxygen atoms in total. The van der Waals surface area contributed by atoms with Crippen LogP contribution in [0.25, 0.3) is 0 Å². The molecule has 28 heavy (non-hydrogen) atoms. The lowest BCUT2D eigenvalue weighted by Gasteiger charge is -2.15. The molecule has 0 spiro atoms. The molecule has 0 fully saturated rings. The zero-order valence-corrected chi connectivity index (χ0v) is 16.7. The zero-order chi connectivity index (χ0) is 20.7. The number of methoxy groups -OCH3 is 3. The summed E-state index contributed by atoms with van der Waals surface area (Å²) >= 11 is 0. The fourth-order valence-electron chi connectivity index (χ4n) is 2.55. The van der Waals surface area contributed by atoms with Crippen molar-refractivity contribution in [1.29, 1.82) is 0 Å². The van der Waals surface area contributed by atoms with Gasteiger partial charge in [0.1, 0.15) is 5.75 Å². The number of rotatable bonds is 8. The summed E-state index contributed by atoms with van der Waals surface area (Å²) in [6, 6.07) is 10.3. The Labute approximate surface area is 164 Å². The predicted octanol–water partition coefficient (Wildman–Crippen LogP) is 2.88. The lowest BCUT2D eigenvalue weighted by molar-refractivity contribution is -0.129. The Morgan fingerprint density at radius 3 is 2.25 bits per heavy atom. The molecule has 0 bridgehead atoms. The molecule has 0 radical (unpaired) electrons. The Kier molecular flexibility index (Phi) is 7.26. The van der Waals surface area contributed by atoms with Crippen molar-refractivity contribution in [3.63, 3.8) is 0 Å². The second-order valence-electron chi connectivity index (χ2n) is 6.14. The highest BCUT2D eigenvalue weighted by Gasteiger charge is 2.19. The van der Waals surface area contributed by atoms with Crippen LogP contribution < -0.4 is 19.5 Å². The Morgan fingerprint density at radius 2 is 1.61 bits per heavy atom. The van der Waals surface area contributed by atoms with Gasteiger partial charge >= 0.3 is 5.97 Å². The van der Waals surface area contributed by atoms with Gasteiger partial charge < -0.3 is 24.3 Å². The second kappa shape index (κ2) is 9.64. The first-order valence-electron chi connectivity index (χ1n) is 8.73. The summed E-state index contributed by atoms with van der Waals surface area (Å²) in [5.74, 6) is 0.768. The van der Waals surface area contributed by atoms with Gasteiger partial charge in [-0.1, -0.05) is 12.1 Å². The fourth-order valence-corrected chi connectivity index (χ4v) is 2.55. The van der Waals surface area contributed by atoms with Crippen LogP contribution in [0, 0.1) is 6.92 Å². The average molecular weight is 387 g/mol. The van der Waals surface area contributed by atoms with E-state index < -0.39 is 18.0 Å². The summed E-state index contributed by atoms with van der Waals surface area (Å²) < 4.78 is 20.9. The first-order valence-corrected chi connectivity index (χ1v) is 8.73. The SMILES string of the molecule is COc1cc(C(=O)O[C@H](C)C(=O)NCc2ccc(OC)c(OC)c2)ccc1C. The molecule has 2 aromatic carbocycles. The maximum Gasteiger partial charge on any atom is 0.339 e. The van der Waals surface area contributed by atoms with E-state index >= 15 is 0 Å². The van der Waals surface area contributed by atoms with Crippen molar-refractivity contribution in [3.8, 4) is 17.2 Å². The van der Waals surface area contributed by atoms with E-state index in [2.05, 4.69) is 5.32 Å². The quantitative estimate of drug-likeness (QED) is 0.702. The monoisotopic (exact) mass is 387 g/mol. The molecule has 2 aromatic rings. The Balaban J connectivity index is 1.95. The molecule has 0 aliphatic heterocycles. The number of ether oxygens (including phenoxy) is 4. The lowest BCUT2D eigenvalue weighted by atomic mass is 10.1. The molecule has 1 N–H and O–H groups in total. The second-order valence-corrected chi connectivity index (χ2v) is 6.14. The van der Waals surface area contributed by atoms with Crippen LogP contribution in [0.15, 0.2) is 36.4 Å². The van der Waals surface area contributed by atoms with Gasteiger partial charge in [0.15, 0.2) is 17.6 Å². The molecule has 1 amide bonds. The molecule has 150 valence electrons. The van der Waals surface area contributed by atoms with Gasteiger partial charge in [-0.05, 0) is 49.2 Å². The average Bonchev–Trinajstić information content (AvgIpc) is 2.71. The standard InChI is InChI=1S/C21H25NO6/c1-13-6-8-16(11-18(13)26-4)21(24)28-14(2)20(23)22-12-15-7-9-17(25-3)19(10-15)27-5/h6-11,14H,12H2,1-5H3,(H,22,23)/t14-/m1/s1. The van der Waals surface area contributed by atoms with Gasteiger partial charge in [0, 0.05) is 6.54 Å². The summed E-state index contributed by atoms with van der Waals surface area (Å²) in [5, 5.41) is 2.74. The third-order valence-electron chi connectivity index (χ3n) is 4.21. The van der Waals surface area contributed by atoms with E-state index in [9.17, 15) is 9.59 Å². The molecule has 0 aliphatic carbocycles. The van der Waals surface area contributed by atoms with Gasteiger partial charge in [-0.2, -0.15) is 0 Å². The number of benzene rings is 2.